The molecular weight excluding hydrogens is 394 g/mol. The van der Waals surface area contributed by atoms with Crippen LogP contribution in [0.15, 0.2) is 65.9 Å². The van der Waals surface area contributed by atoms with Gasteiger partial charge in [-0.2, -0.15) is 0 Å². The van der Waals surface area contributed by atoms with Crippen molar-refractivity contribution in [3.63, 3.8) is 0 Å². The summed E-state index contributed by atoms with van der Waals surface area (Å²) >= 11 is 5.94. The zero-order valence-corrected chi connectivity index (χ0v) is 16.3. The molecular formula is C21H18ClN3O4. The van der Waals surface area contributed by atoms with Gasteiger partial charge in [0.15, 0.2) is 0 Å². The molecule has 0 saturated heterocycles. The van der Waals surface area contributed by atoms with E-state index in [-0.39, 0.29) is 19.1 Å². The topological polar surface area (TPSA) is 79.0 Å². The van der Waals surface area contributed by atoms with Crippen molar-refractivity contribution >= 4 is 35.2 Å². The van der Waals surface area contributed by atoms with E-state index >= 15 is 0 Å². The van der Waals surface area contributed by atoms with Gasteiger partial charge in [-0.25, -0.2) is 9.59 Å². The number of urea groups is 1. The van der Waals surface area contributed by atoms with Gasteiger partial charge in [-0.3, -0.25) is 9.69 Å². The Hall–Kier alpha value is -3.32. The summed E-state index contributed by atoms with van der Waals surface area (Å²) in [6.07, 6.45) is 0. The molecule has 29 heavy (non-hydrogen) atoms. The highest BCUT2D eigenvalue weighted by molar-refractivity contribution is 6.30. The number of nitrogens with one attached hydrogen (secondary N) is 1. The minimum atomic E-state index is -0.650. The third kappa shape index (κ3) is 3.56. The van der Waals surface area contributed by atoms with Crippen molar-refractivity contribution in [3.8, 4) is 0 Å². The Kier molecular flexibility index (Phi) is 4.98. The van der Waals surface area contributed by atoms with E-state index in [1.54, 1.807) is 43.4 Å². The van der Waals surface area contributed by atoms with E-state index in [0.29, 0.717) is 27.5 Å². The minimum absolute atomic E-state index is 0.0476. The predicted octanol–water partition coefficient (Wildman–Crippen LogP) is 2.88. The van der Waals surface area contributed by atoms with Crippen molar-refractivity contribution in [1.29, 1.82) is 0 Å². The summed E-state index contributed by atoms with van der Waals surface area (Å²) in [5.74, 6) is -0.795. The lowest BCUT2D eigenvalue weighted by atomic mass is 9.96. The van der Waals surface area contributed by atoms with Gasteiger partial charge in [0.2, 0.25) is 5.91 Å². The van der Waals surface area contributed by atoms with Gasteiger partial charge in [0, 0.05) is 17.8 Å². The van der Waals surface area contributed by atoms with Crippen LogP contribution in [0.5, 0.6) is 0 Å². The van der Waals surface area contributed by atoms with E-state index in [2.05, 4.69) is 5.32 Å². The van der Waals surface area contributed by atoms with Crippen LogP contribution in [0.4, 0.5) is 10.5 Å². The van der Waals surface area contributed by atoms with Crippen LogP contribution in [0.2, 0.25) is 5.02 Å². The molecule has 0 bridgehead atoms. The zero-order chi connectivity index (χ0) is 20.5. The molecule has 2 aliphatic rings. The van der Waals surface area contributed by atoms with E-state index in [0.717, 1.165) is 0 Å². The monoisotopic (exact) mass is 411 g/mol. The molecule has 0 spiro atoms. The lowest BCUT2D eigenvalue weighted by molar-refractivity contribution is -0.136. The molecule has 8 heteroatoms. The molecule has 0 radical (unpaired) electrons. The van der Waals surface area contributed by atoms with Crippen molar-refractivity contribution in [1.82, 2.24) is 10.2 Å². The molecule has 2 aliphatic heterocycles. The van der Waals surface area contributed by atoms with Gasteiger partial charge in [0.1, 0.15) is 13.2 Å². The van der Waals surface area contributed by atoms with Crippen molar-refractivity contribution in [3.05, 3.63) is 76.5 Å². The molecule has 0 aliphatic carbocycles. The van der Waals surface area contributed by atoms with Crippen LogP contribution < -0.4 is 10.2 Å². The first-order valence-corrected chi connectivity index (χ1v) is 9.39. The number of esters is 1. The number of cyclic esters (lactones) is 1. The SMILES string of the molecule is CN(C(=O)CN1C(=O)N[C@H](c2ccc(Cl)cc2)C2=C1COC2=O)c1ccccc1. The second kappa shape index (κ2) is 7.60. The summed E-state index contributed by atoms with van der Waals surface area (Å²) in [6, 6.07) is 14.9. The van der Waals surface area contributed by atoms with Crippen LogP contribution in [-0.2, 0) is 14.3 Å². The Morgan fingerprint density at radius 3 is 2.55 bits per heavy atom. The summed E-state index contributed by atoms with van der Waals surface area (Å²) in [7, 11) is 1.64. The summed E-state index contributed by atoms with van der Waals surface area (Å²) in [6.45, 7) is -0.256. The Morgan fingerprint density at radius 1 is 1.17 bits per heavy atom. The van der Waals surface area contributed by atoms with Crippen LogP contribution in [0.1, 0.15) is 11.6 Å². The summed E-state index contributed by atoms with van der Waals surface area (Å²) < 4.78 is 5.18. The number of benzene rings is 2. The molecule has 0 fully saturated rings. The largest absolute Gasteiger partial charge is 0.456 e. The van der Waals surface area contributed by atoms with Gasteiger partial charge in [-0.15, -0.1) is 0 Å². The van der Waals surface area contributed by atoms with Gasteiger partial charge >= 0.3 is 12.0 Å². The quantitative estimate of drug-likeness (QED) is 0.784. The number of halogens is 1. The molecule has 7 nitrogen and oxygen atoms in total. The highest BCUT2D eigenvalue weighted by atomic mass is 35.5. The molecule has 2 aromatic carbocycles. The average Bonchev–Trinajstić information content (AvgIpc) is 3.12. The Balaban J connectivity index is 1.62. The molecule has 148 valence electrons. The molecule has 1 atom stereocenters. The van der Waals surface area contributed by atoms with Gasteiger partial charge < -0.3 is 15.0 Å². The molecule has 3 amide bonds. The first-order valence-electron chi connectivity index (χ1n) is 9.01. The second-order valence-corrected chi connectivity index (χ2v) is 7.18. The highest BCUT2D eigenvalue weighted by Gasteiger charge is 2.42. The van der Waals surface area contributed by atoms with Crippen LogP contribution in [0.3, 0.4) is 0 Å². The van der Waals surface area contributed by atoms with Crippen LogP contribution in [-0.4, -0.2) is 43.0 Å². The fourth-order valence-corrected chi connectivity index (χ4v) is 3.55. The lowest BCUT2D eigenvalue weighted by Gasteiger charge is -2.33. The molecule has 4 rings (SSSR count). The maximum Gasteiger partial charge on any atom is 0.338 e. The first-order chi connectivity index (χ1) is 14.0. The number of para-hydroxylation sites is 1. The maximum absolute atomic E-state index is 12.8. The summed E-state index contributed by atoms with van der Waals surface area (Å²) in [5, 5.41) is 3.35. The number of anilines is 1. The number of amides is 3. The van der Waals surface area contributed by atoms with Crippen molar-refractivity contribution < 1.29 is 19.1 Å². The predicted molar refractivity (Wildman–Crippen MR) is 107 cm³/mol. The van der Waals surface area contributed by atoms with Crippen LogP contribution in [0, 0.1) is 0 Å². The lowest BCUT2D eigenvalue weighted by Crippen LogP contribution is -2.50. The number of rotatable bonds is 4. The molecule has 0 saturated carbocycles. The van der Waals surface area contributed by atoms with Crippen LogP contribution in [0.25, 0.3) is 0 Å². The van der Waals surface area contributed by atoms with E-state index < -0.39 is 18.0 Å². The Bertz CT molecular complexity index is 1000. The number of carbonyl (C=O) groups excluding carboxylic acids is 3. The maximum atomic E-state index is 12.8. The number of hydrogen-bond acceptors (Lipinski definition) is 4. The third-order valence-corrected chi connectivity index (χ3v) is 5.26. The van der Waals surface area contributed by atoms with Gasteiger partial charge in [0.25, 0.3) is 0 Å². The number of ether oxygens (including phenoxy) is 1. The Labute approximate surface area is 172 Å². The van der Waals surface area contributed by atoms with E-state index in [1.807, 2.05) is 18.2 Å². The van der Waals surface area contributed by atoms with Crippen molar-refractivity contribution in [2.75, 3.05) is 25.1 Å². The van der Waals surface area contributed by atoms with Gasteiger partial charge in [-0.1, -0.05) is 41.9 Å². The number of likely N-dealkylation sites (N-methyl/N-ethyl adjacent to an activating group) is 1. The number of nitrogens with zero attached hydrogens (tertiary/aromatic N) is 2. The third-order valence-electron chi connectivity index (χ3n) is 5.01. The number of carbonyl (C=O) groups is 3. The smallest absolute Gasteiger partial charge is 0.338 e. The zero-order valence-electron chi connectivity index (χ0n) is 15.6. The molecule has 0 unspecified atom stereocenters. The molecule has 2 heterocycles. The van der Waals surface area contributed by atoms with E-state index in [4.69, 9.17) is 16.3 Å². The van der Waals surface area contributed by atoms with Gasteiger partial charge in [-0.05, 0) is 29.8 Å². The fourth-order valence-electron chi connectivity index (χ4n) is 3.42. The summed E-state index contributed by atoms with van der Waals surface area (Å²) in [5.41, 5.74) is 2.17. The average molecular weight is 412 g/mol. The molecule has 1 N–H and O–H groups in total. The van der Waals surface area contributed by atoms with Gasteiger partial charge in [0.05, 0.1) is 17.3 Å². The normalized spacial score (nSPS) is 18.3. The fraction of sp³-hybridized carbons (Fsp3) is 0.190. The van der Waals surface area contributed by atoms with E-state index in [1.165, 1.54) is 9.80 Å². The minimum Gasteiger partial charge on any atom is -0.456 e. The summed E-state index contributed by atoms with van der Waals surface area (Å²) in [4.78, 5) is 40.7. The van der Waals surface area contributed by atoms with Crippen LogP contribution >= 0.6 is 11.6 Å². The Morgan fingerprint density at radius 2 is 1.86 bits per heavy atom. The standard InChI is InChI=1S/C21H18ClN3O4/c1-24(15-5-3-2-4-6-15)17(26)11-25-16-12-29-20(27)18(16)19(23-21(25)28)13-7-9-14(22)10-8-13/h2-10,19H,11-12H2,1H3,(H,23,28)/t19-/m1/s1. The van der Waals surface area contributed by atoms with Crippen molar-refractivity contribution in [2.45, 2.75) is 6.04 Å². The second-order valence-electron chi connectivity index (χ2n) is 6.75. The molecule has 2 aromatic rings. The first kappa shape index (κ1) is 19.0. The van der Waals surface area contributed by atoms with E-state index in [9.17, 15) is 14.4 Å². The molecule has 0 aromatic heterocycles. The van der Waals surface area contributed by atoms with Crippen molar-refractivity contribution in [2.24, 2.45) is 0 Å². The number of hydrogen-bond donors (Lipinski definition) is 1. The highest BCUT2D eigenvalue weighted by Crippen LogP contribution is 2.35.